The van der Waals surface area contributed by atoms with Gasteiger partial charge in [0, 0.05) is 34.8 Å². The molecular weight excluding hydrogens is 509 g/mol. The largest absolute Gasteiger partial charge is 0.344 e. The Morgan fingerprint density at radius 3 is 2.89 bits per heavy atom. The fourth-order valence-electron chi connectivity index (χ4n) is 4.34. The summed E-state index contributed by atoms with van der Waals surface area (Å²) in [5.74, 6) is -0.947. The third-order valence-electron chi connectivity index (χ3n) is 6.17. The highest BCUT2D eigenvalue weighted by Gasteiger charge is 2.19. The number of tetrazole rings is 1. The van der Waals surface area contributed by atoms with Crippen LogP contribution in [0.1, 0.15) is 43.0 Å². The lowest BCUT2D eigenvalue weighted by Crippen LogP contribution is -2.27. The molecule has 0 spiro atoms. The van der Waals surface area contributed by atoms with Crippen LogP contribution in [-0.4, -0.2) is 37.0 Å². The van der Waals surface area contributed by atoms with Crippen LogP contribution in [0.2, 0.25) is 5.02 Å². The van der Waals surface area contributed by atoms with Crippen LogP contribution in [0.3, 0.4) is 0 Å². The van der Waals surface area contributed by atoms with Crippen molar-refractivity contribution in [3.05, 3.63) is 89.2 Å². The second kappa shape index (κ2) is 11.3. The molecule has 0 fully saturated rings. The summed E-state index contributed by atoms with van der Waals surface area (Å²) in [6.45, 7) is 0. The van der Waals surface area contributed by atoms with E-state index in [4.69, 9.17) is 11.6 Å². The topological polar surface area (TPSA) is 115 Å². The molecule has 2 N–H and O–H groups in total. The Kier molecular flexibility index (Phi) is 7.50. The molecular formula is C27H23ClFN7O2. The first-order chi connectivity index (χ1) is 18.5. The first kappa shape index (κ1) is 25.2. The molecule has 0 saturated heterocycles. The van der Waals surface area contributed by atoms with Crippen LogP contribution in [0, 0.1) is 5.82 Å². The van der Waals surface area contributed by atoms with E-state index in [1.807, 2.05) is 6.07 Å². The summed E-state index contributed by atoms with van der Waals surface area (Å²) in [4.78, 5) is 30.0. The van der Waals surface area contributed by atoms with E-state index in [-0.39, 0.29) is 18.2 Å². The van der Waals surface area contributed by atoms with E-state index in [1.165, 1.54) is 29.2 Å². The normalized spacial score (nSPS) is 15.7. The van der Waals surface area contributed by atoms with Crippen molar-refractivity contribution in [2.75, 3.05) is 5.32 Å². The molecule has 0 saturated carbocycles. The fourth-order valence-corrected chi connectivity index (χ4v) is 4.52. The molecule has 0 aliphatic carbocycles. The Hall–Kier alpha value is -4.44. The zero-order valence-corrected chi connectivity index (χ0v) is 20.9. The smallest absolute Gasteiger partial charge is 0.244 e. The van der Waals surface area contributed by atoms with Crippen LogP contribution in [0.5, 0.6) is 0 Å². The average Bonchev–Trinajstić information content (AvgIpc) is 3.44. The van der Waals surface area contributed by atoms with Gasteiger partial charge in [-0.2, -0.15) is 4.68 Å². The minimum absolute atomic E-state index is 0.185. The molecule has 9 nitrogen and oxygen atoms in total. The van der Waals surface area contributed by atoms with Gasteiger partial charge in [0.15, 0.2) is 0 Å². The summed E-state index contributed by atoms with van der Waals surface area (Å²) in [5, 5.41) is 17.6. The van der Waals surface area contributed by atoms with E-state index in [1.54, 1.807) is 42.6 Å². The van der Waals surface area contributed by atoms with E-state index in [9.17, 15) is 14.0 Å². The van der Waals surface area contributed by atoms with E-state index in [0.717, 1.165) is 5.56 Å². The molecule has 5 rings (SSSR count). The van der Waals surface area contributed by atoms with Gasteiger partial charge in [-0.15, -0.1) is 5.10 Å². The van der Waals surface area contributed by atoms with Crippen molar-refractivity contribution in [1.82, 2.24) is 30.5 Å². The number of carbonyl (C=O) groups excluding carboxylic acids is 2. The van der Waals surface area contributed by atoms with Crippen molar-refractivity contribution in [2.24, 2.45) is 0 Å². The number of aromatic nitrogens is 5. The zero-order chi connectivity index (χ0) is 26.5. The van der Waals surface area contributed by atoms with E-state index < -0.39 is 11.9 Å². The molecule has 1 aliphatic heterocycles. The molecule has 2 aromatic carbocycles. The maximum Gasteiger partial charge on any atom is 0.244 e. The van der Waals surface area contributed by atoms with E-state index in [0.29, 0.717) is 52.5 Å². The van der Waals surface area contributed by atoms with Crippen LogP contribution < -0.4 is 10.6 Å². The summed E-state index contributed by atoms with van der Waals surface area (Å²) in [7, 11) is 0. The lowest BCUT2D eigenvalue weighted by molar-refractivity contribution is -0.118. The minimum atomic E-state index is -0.440. The fraction of sp³-hybridized carbons (Fsp3) is 0.185. The first-order valence-corrected chi connectivity index (χ1v) is 12.4. The molecule has 1 aliphatic rings. The van der Waals surface area contributed by atoms with Crippen LogP contribution in [0.25, 0.3) is 22.9 Å². The molecule has 3 heterocycles. The number of nitrogens with one attached hydrogen (secondary N) is 2. The van der Waals surface area contributed by atoms with Gasteiger partial charge in [-0.1, -0.05) is 18.0 Å². The SMILES string of the molecule is O=C(/C=C/c1cc(Cl)ccc1-n1cnnn1)N[C@H]1CCCCC(=O)Nc2cc(F)ccc2-c2ccnc1c2. The summed E-state index contributed by atoms with van der Waals surface area (Å²) in [6, 6.07) is 12.7. The molecule has 0 radical (unpaired) electrons. The average molecular weight is 532 g/mol. The number of benzene rings is 2. The second-order valence-corrected chi connectivity index (χ2v) is 9.24. The van der Waals surface area contributed by atoms with Crippen LogP contribution in [-0.2, 0) is 9.59 Å². The molecule has 2 bridgehead atoms. The van der Waals surface area contributed by atoms with Gasteiger partial charge >= 0.3 is 0 Å². The second-order valence-electron chi connectivity index (χ2n) is 8.81. The monoisotopic (exact) mass is 531 g/mol. The Labute approximate surface area is 222 Å². The summed E-state index contributed by atoms with van der Waals surface area (Å²) >= 11 is 6.18. The molecule has 2 amide bonds. The Balaban J connectivity index is 1.42. The zero-order valence-electron chi connectivity index (χ0n) is 20.1. The predicted octanol–water partition coefficient (Wildman–Crippen LogP) is 4.90. The van der Waals surface area contributed by atoms with Gasteiger partial charge in [-0.25, -0.2) is 4.39 Å². The number of anilines is 1. The first-order valence-electron chi connectivity index (χ1n) is 12.0. The van der Waals surface area contributed by atoms with E-state index >= 15 is 0 Å². The van der Waals surface area contributed by atoms with Gasteiger partial charge in [0.05, 0.1) is 23.1 Å². The number of rotatable bonds is 4. The minimum Gasteiger partial charge on any atom is -0.344 e. The van der Waals surface area contributed by atoms with Crippen LogP contribution in [0.15, 0.2) is 67.1 Å². The Morgan fingerprint density at radius 2 is 2.05 bits per heavy atom. The van der Waals surface area contributed by atoms with Crippen molar-refractivity contribution in [3.8, 4) is 16.8 Å². The predicted molar refractivity (Wildman–Crippen MR) is 141 cm³/mol. The number of hydrogen-bond acceptors (Lipinski definition) is 6. The number of amides is 2. The molecule has 38 heavy (non-hydrogen) atoms. The van der Waals surface area contributed by atoms with Gasteiger partial charge < -0.3 is 10.6 Å². The summed E-state index contributed by atoms with van der Waals surface area (Å²) in [5.41, 5.74) is 3.82. The summed E-state index contributed by atoms with van der Waals surface area (Å²) < 4.78 is 15.4. The van der Waals surface area contributed by atoms with Crippen molar-refractivity contribution < 1.29 is 14.0 Å². The molecule has 11 heteroatoms. The Bertz CT molecular complexity index is 1510. The third kappa shape index (κ3) is 5.92. The maximum atomic E-state index is 13.9. The highest BCUT2D eigenvalue weighted by Crippen LogP contribution is 2.32. The molecule has 192 valence electrons. The molecule has 1 atom stereocenters. The van der Waals surface area contributed by atoms with Crippen LogP contribution in [0.4, 0.5) is 10.1 Å². The maximum absolute atomic E-state index is 13.9. The third-order valence-corrected chi connectivity index (χ3v) is 6.40. The number of nitrogens with zero attached hydrogens (tertiary/aromatic N) is 5. The van der Waals surface area contributed by atoms with E-state index in [2.05, 4.69) is 31.1 Å². The van der Waals surface area contributed by atoms with Gasteiger partial charge in [-0.05, 0) is 83.4 Å². The number of halogens is 2. The van der Waals surface area contributed by atoms with Crippen molar-refractivity contribution >= 4 is 35.2 Å². The van der Waals surface area contributed by atoms with Gasteiger partial charge in [0.1, 0.15) is 12.1 Å². The van der Waals surface area contributed by atoms with Gasteiger partial charge in [0.25, 0.3) is 0 Å². The molecule has 4 aromatic rings. The quantitative estimate of drug-likeness (QED) is 0.362. The molecule has 2 aromatic heterocycles. The standard InChI is InChI=1S/C27H23ClFN7O2/c28-19-6-9-25(36-16-31-34-35-36)18(13-19)5-10-27(38)32-22-3-1-2-4-26(37)33-23-15-20(29)7-8-21(23)17-11-12-30-24(22)14-17/h5-16,22H,1-4H2,(H,32,38)(H,33,37)/b10-5+/t22-/m0/s1. The number of carbonyl (C=O) groups is 2. The number of hydrogen-bond donors (Lipinski definition) is 2. The van der Waals surface area contributed by atoms with Crippen molar-refractivity contribution in [3.63, 3.8) is 0 Å². The summed E-state index contributed by atoms with van der Waals surface area (Å²) in [6.07, 6.45) is 8.33. The Morgan fingerprint density at radius 1 is 1.16 bits per heavy atom. The van der Waals surface area contributed by atoms with Gasteiger partial charge in [0.2, 0.25) is 11.8 Å². The van der Waals surface area contributed by atoms with Gasteiger partial charge in [-0.3, -0.25) is 14.6 Å². The van der Waals surface area contributed by atoms with Crippen molar-refractivity contribution in [2.45, 2.75) is 31.7 Å². The molecule has 0 unspecified atom stereocenters. The van der Waals surface area contributed by atoms with Crippen molar-refractivity contribution in [1.29, 1.82) is 0 Å². The highest BCUT2D eigenvalue weighted by molar-refractivity contribution is 6.30. The lowest BCUT2D eigenvalue weighted by Gasteiger charge is -2.20. The number of pyridine rings is 1. The van der Waals surface area contributed by atoms with Crippen LogP contribution >= 0.6 is 11.6 Å². The highest BCUT2D eigenvalue weighted by atomic mass is 35.5. The lowest BCUT2D eigenvalue weighted by atomic mass is 9.98. The number of fused-ring (bicyclic) bond motifs is 4.